The van der Waals surface area contributed by atoms with Crippen molar-refractivity contribution in [3.05, 3.63) is 23.8 Å². The summed E-state index contributed by atoms with van der Waals surface area (Å²) in [6.45, 7) is 6.95. The van der Waals surface area contributed by atoms with E-state index in [1.807, 2.05) is 6.92 Å². The topological polar surface area (TPSA) is 64.3 Å². The molecule has 1 amide bonds. The molecular weight excluding hydrogens is 252 g/mol. The van der Waals surface area contributed by atoms with E-state index in [0.29, 0.717) is 29.0 Å². The number of nitrogens with one attached hydrogen (secondary N) is 1. The number of hydrogen-bond acceptors (Lipinski definition) is 3. The molecule has 110 valence electrons. The highest BCUT2D eigenvalue weighted by molar-refractivity contribution is 5.95. The zero-order valence-electron chi connectivity index (χ0n) is 12.5. The largest absolute Gasteiger partial charge is 0.494 e. The standard InChI is InChI=1S/C16H24N2O2/c1-4-20-14-8-11(7-12(17)9-14)15(19)18-13-5-6-16(2,3)10-13/h7-9,13H,4-6,10,17H2,1-3H3,(H,18,19). The molecule has 20 heavy (non-hydrogen) atoms. The summed E-state index contributed by atoms with van der Waals surface area (Å²) in [5.41, 5.74) is 7.26. The lowest BCUT2D eigenvalue weighted by atomic mass is 9.92. The summed E-state index contributed by atoms with van der Waals surface area (Å²) in [6.07, 6.45) is 3.22. The molecule has 0 spiro atoms. The molecule has 0 aliphatic heterocycles. The Morgan fingerprint density at radius 1 is 1.45 bits per heavy atom. The smallest absolute Gasteiger partial charge is 0.251 e. The molecule has 1 aliphatic carbocycles. The molecule has 0 aromatic heterocycles. The first kappa shape index (κ1) is 14.7. The highest BCUT2D eigenvalue weighted by atomic mass is 16.5. The van der Waals surface area contributed by atoms with Crippen LogP contribution in [0.4, 0.5) is 5.69 Å². The van der Waals surface area contributed by atoms with Crippen molar-refractivity contribution < 1.29 is 9.53 Å². The van der Waals surface area contributed by atoms with Crippen LogP contribution in [0.3, 0.4) is 0 Å². The van der Waals surface area contributed by atoms with Crippen LogP contribution in [-0.2, 0) is 0 Å². The van der Waals surface area contributed by atoms with Gasteiger partial charge in [-0.05, 0) is 43.7 Å². The lowest BCUT2D eigenvalue weighted by molar-refractivity contribution is 0.0935. The van der Waals surface area contributed by atoms with Crippen molar-refractivity contribution in [2.75, 3.05) is 12.3 Å². The van der Waals surface area contributed by atoms with Gasteiger partial charge in [-0.3, -0.25) is 4.79 Å². The highest BCUT2D eigenvalue weighted by Crippen LogP contribution is 2.37. The molecule has 4 heteroatoms. The van der Waals surface area contributed by atoms with E-state index in [9.17, 15) is 4.79 Å². The summed E-state index contributed by atoms with van der Waals surface area (Å²) in [5.74, 6) is 0.574. The molecule has 0 bridgehead atoms. The quantitative estimate of drug-likeness (QED) is 0.831. The fourth-order valence-corrected chi connectivity index (χ4v) is 2.83. The molecule has 2 rings (SSSR count). The van der Waals surface area contributed by atoms with Gasteiger partial charge >= 0.3 is 0 Å². The van der Waals surface area contributed by atoms with Gasteiger partial charge in [0.2, 0.25) is 0 Å². The van der Waals surface area contributed by atoms with Gasteiger partial charge in [0, 0.05) is 23.4 Å². The summed E-state index contributed by atoms with van der Waals surface area (Å²) in [7, 11) is 0. The van der Waals surface area contributed by atoms with Gasteiger partial charge in [-0.1, -0.05) is 13.8 Å². The molecule has 0 radical (unpaired) electrons. The van der Waals surface area contributed by atoms with Crippen LogP contribution in [0.25, 0.3) is 0 Å². The maximum Gasteiger partial charge on any atom is 0.251 e. The van der Waals surface area contributed by atoms with Crippen LogP contribution in [0.5, 0.6) is 5.75 Å². The summed E-state index contributed by atoms with van der Waals surface area (Å²) in [6, 6.07) is 5.43. The molecule has 0 heterocycles. The Morgan fingerprint density at radius 2 is 2.20 bits per heavy atom. The summed E-state index contributed by atoms with van der Waals surface area (Å²) in [4.78, 5) is 12.3. The van der Waals surface area contributed by atoms with Crippen LogP contribution in [0.2, 0.25) is 0 Å². The van der Waals surface area contributed by atoms with Gasteiger partial charge in [-0.2, -0.15) is 0 Å². The molecule has 1 fully saturated rings. The van der Waals surface area contributed by atoms with Gasteiger partial charge in [-0.15, -0.1) is 0 Å². The Balaban J connectivity index is 2.05. The van der Waals surface area contributed by atoms with Gasteiger partial charge in [0.05, 0.1) is 6.61 Å². The average Bonchev–Trinajstić information content (AvgIpc) is 2.68. The second kappa shape index (κ2) is 5.73. The third kappa shape index (κ3) is 3.65. The minimum absolute atomic E-state index is 0.0686. The molecule has 1 aromatic carbocycles. The van der Waals surface area contributed by atoms with Gasteiger partial charge in [0.25, 0.3) is 5.91 Å². The van der Waals surface area contributed by atoms with Gasteiger partial charge in [-0.25, -0.2) is 0 Å². The number of amides is 1. The van der Waals surface area contributed by atoms with Crippen molar-refractivity contribution in [1.82, 2.24) is 5.32 Å². The van der Waals surface area contributed by atoms with E-state index in [0.717, 1.165) is 19.3 Å². The lowest BCUT2D eigenvalue weighted by Crippen LogP contribution is -2.33. The van der Waals surface area contributed by atoms with Gasteiger partial charge in [0.15, 0.2) is 0 Å². The number of anilines is 1. The van der Waals surface area contributed by atoms with E-state index in [1.165, 1.54) is 0 Å². The molecule has 0 saturated heterocycles. The van der Waals surface area contributed by atoms with Crippen molar-refractivity contribution in [3.63, 3.8) is 0 Å². The second-order valence-electron chi connectivity index (χ2n) is 6.30. The lowest BCUT2D eigenvalue weighted by Gasteiger charge is -2.18. The summed E-state index contributed by atoms with van der Waals surface area (Å²) in [5, 5.41) is 3.10. The minimum Gasteiger partial charge on any atom is -0.494 e. The zero-order chi connectivity index (χ0) is 14.8. The third-order valence-electron chi connectivity index (χ3n) is 3.81. The first-order chi connectivity index (χ1) is 9.39. The van der Waals surface area contributed by atoms with Gasteiger partial charge < -0.3 is 15.8 Å². The Kier molecular flexibility index (Phi) is 4.21. The van der Waals surface area contributed by atoms with Gasteiger partial charge in [0.1, 0.15) is 5.75 Å². The molecule has 1 unspecified atom stereocenters. The highest BCUT2D eigenvalue weighted by Gasteiger charge is 2.31. The first-order valence-corrected chi connectivity index (χ1v) is 7.24. The Hall–Kier alpha value is -1.71. The molecular formula is C16H24N2O2. The molecule has 4 nitrogen and oxygen atoms in total. The molecule has 1 aromatic rings. The number of carbonyl (C=O) groups is 1. The number of rotatable bonds is 4. The van der Waals surface area contributed by atoms with E-state index in [1.54, 1.807) is 18.2 Å². The molecule has 1 saturated carbocycles. The predicted octanol–water partition coefficient (Wildman–Crippen LogP) is 2.98. The number of nitrogen functional groups attached to an aromatic ring is 1. The fourth-order valence-electron chi connectivity index (χ4n) is 2.83. The molecule has 3 N–H and O–H groups in total. The maximum atomic E-state index is 12.3. The molecule has 1 aliphatic rings. The van der Waals surface area contributed by atoms with Crippen LogP contribution >= 0.6 is 0 Å². The van der Waals surface area contributed by atoms with E-state index in [2.05, 4.69) is 19.2 Å². The summed E-state index contributed by atoms with van der Waals surface area (Å²) < 4.78 is 5.42. The van der Waals surface area contributed by atoms with Crippen LogP contribution in [-0.4, -0.2) is 18.6 Å². The van der Waals surface area contributed by atoms with Crippen molar-refractivity contribution >= 4 is 11.6 Å². The number of nitrogens with two attached hydrogens (primary N) is 1. The Labute approximate surface area is 120 Å². The third-order valence-corrected chi connectivity index (χ3v) is 3.81. The zero-order valence-corrected chi connectivity index (χ0v) is 12.5. The molecule has 1 atom stereocenters. The van der Waals surface area contributed by atoms with E-state index < -0.39 is 0 Å². The fraction of sp³-hybridized carbons (Fsp3) is 0.562. The number of hydrogen-bond donors (Lipinski definition) is 2. The second-order valence-corrected chi connectivity index (χ2v) is 6.30. The van der Waals surface area contributed by atoms with Crippen LogP contribution in [0.1, 0.15) is 50.4 Å². The summed E-state index contributed by atoms with van der Waals surface area (Å²) >= 11 is 0. The Bertz CT molecular complexity index is 497. The van der Waals surface area contributed by atoms with Crippen molar-refractivity contribution in [2.24, 2.45) is 5.41 Å². The monoisotopic (exact) mass is 276 g/mol. The maximum absolute atomic E-state index is 12.3. The Morgan fingerprint density at radius 3 is 2.80 bits per heavy atom. The van der Waals surface area contributed by atoms with Crippen LogP contribution in [0.15, 0.2) is 18.2 Å². The average molecular weight is 276 g/mol. The number of benzene rings is 1. The van der Waals surface area contributed by atoms with Crippen LogP contribution in [0, 0.1) is 5.41 Å². The minimum atomic E-state index is -0.0686. The van der Waals surface area contributed by atoms with Crippen molar-refractivity contribution in [3.8, 4) is 5.75 Å². The number of ether oxygens (including phenoxy) is 1. The SMILES string of the molecule is CCOc1cc(N)cc(C(=O)NC2CCC(C)(C)C2)c1. The van der Waals surface area contributed by atoms with E-state index >= 15 is 0 Å². The van der Waals surface area contributed by atoms with E-state index in [-0.39, 0.29) is 11.9 Å². The first-order valence-electron chi connectivity index (χ1n) is 7.24. The van der Waals surface area contributed by atoms with Crippen molar-refractivity contribution in [1.29, 1.82) is 0 Å². The van der Waals surface area contributed by atoms with E-state index in [4.69, 9.17) is 10.5 Å². The predicted molar refractivity (Wildman–Crippen MR) is 80.9 cm³/mol. The van der Waals surface area contributed by atoms with Crippen molar-refractivity contribution in [2.45, 2.75) is 46.1 Å². The number of carbonyl (C=O) groups excluding carboxylic acids is 1. The normalized spacial score (nSPS) is 20.6. The van der Waals surface area contributed by atoms with Crippen LogP contribution < -0.4 is 15.8 Å².